The second-order valence-electron chi connectivity index (χ2n) is 23.7. The molecule has 29 heteroatoms. The van der Waals surface area contributed by atoms with Crippen molar-refractivity contribution in [3.05, 3.63) is 95.3 Å². The predicted octanol–water partition coefficient (Wildman–Crippen LogP) is 4.90. The molecule has 5 heterocycles. The number of nitrogens with zero attached hydrogens (tertiary/aromatic N) is 5. The highest BCUT2D eigenvalue weighted by Crippen LogP contribution is 2.41. The first-order chi connectivity index (χ1) is 48.0. The molecule has 0 aliphatic carbocycles. The summed E-state index contributed by atoms with van der Waals surface area (Å²) in [5, 5.41) is 11.0. The summed E-state index contributed by atoms with van der Waals surface area (Å²) < 4.78 is 67.6. The van der Waals surface area contributed by atoms with Gasteiger partial charge in [0.15, 0.2) is 23.0 Å². The average molecular weight is 1380 g/mol. The molecule has 0 spiro atoms. The van der Waals surface area contributed by atoms with Gasteiger partial charge in [0.25, 0.3) is 23.6 Å². The van der Waals surface area contributed by atoms with Crippen LogP contribution in [0.25, 0.3) is 5.57 Å². The Morgan fingerprint density at radius 1 is 0.535 bits per heavy atom. The summed E-state index contributed by atoms with van der Waals surface area (Å²) in [5.41, 5.74) is 5.07. The molecule has 4 atom stereocenters. The van der Waals surface area contributed by atoms with Gasteiger partial charge in [-0.15, -0.1) is 0 Å². The zero-order chi connectivity index (χ0) is 70.5. The molecule has 3 aromatic carbocycles. The molecule has 0 unspecified atom stereocenters. The topological polar surface area (TPSA) is 330 Å². The van der Waals surface area contributed by atoms with Crippen LogP contribution in [0.5, 0.6) is 23.0 Å². The zero-order valence-electron chi connectivity index (χ0n) is 57.0. The molecular weight excluding hydrogens is 1290 g/mol. The van der Waals surface area contributed by atoms with Gasteiger partial charge < -0.3 is 87.9 Å². The molecular formula is C70H91N9O20. The third-order valence-electron chi connectivity index (χ3n) is 16.0. The molecule has 8 amide bonds. The number of methoxy groups -OCH3 is 2. The van der Waals surface area contributed by atoms with E-state index < -0.39 is 35.7 Å². The number of ether oxygens (including phenoxy) is 12. The zero-order valence-corrected chi connectivity index (χ0v) is 57.0. The van der Waals surface area contributed by atoms with E-state index in [1.807, 2.05) is 31.5 Å². The third kappa shape index (κ3) is 23.1. The fourth-order valence-electron chi connectivity index (χ4n) is 10.7. The number of fused-ring (bicyclic) bond motifs is 4. The molecule has 0 radical (unpaired) electrons. The summed E-state index contributed by atoms with van der Waals surface area (Å²) in [6.45, 7) is 13.6. The molecule has 99 heavy (non-hydrogen) atoms. The van der Waals surface area contributed by atoms with Crippen molar-refractivity contribution in [2.24, 2.45) is 15.9 Å². The normalized spacial score (nSPS) is 16.5. The molecule has 0 saturated heterocycles. The lowest BCUT2D eigenvalue weighted by atomic mass is 10.0. The first-order valence-electron chi connectivity index (χ1n) is 33.3. The summed E-state index contributed by atoms with van der Waals surface area (Å²) >= 11 is 0. The smallest absolute Gasteiger partial charge is 0.260 e. The summed E-state index contributed by atoms with van der Waals surface area (Å²) in [6, 6.07) is 11.6. The number of anilines is 1. The number of nitrogens with one attached hydrogen (secondary N) is 4. The van der Waals surface area contributed by atoms with E-state index >= 15 is 0 Å². The molecule has 5 aliphatic heterocycles. The summed E-state index contributed by atoms with van der Waals surface area (Å²) in [4.78, 5) is 116. The maximum absolute atomic E-state index is 14.1. The summed E-state index contributed by atoms with van der Waals surface area (Å²) in [6.07, 6.45) is 11.3. The number of carbonyl (C=O) groups excluding carboxylic acids is 8. The van der Waals surface area contributed by atoms with E-state index in [9.17, 15) is 38.4 Å². The monoisotopic (exact) mass is 1380 g/mol. The Hall–Kier alpha value is -8.94. The van der Waals surface area contributed by atoms with Crippen LogP contribution in [0.15, 0.2) is 88.6 Å². The van der Waals surface area contributed by atoms with Crippen LogP contribution in [-0.4, -0.2) is 245 Å². The Labute approximate surface area is 575 Å². The lowest BCUT2D eigenvalue weighted by molar-refractivity contribution is -0.137. The van der Waals surface area contributed by atoms with Gasteiger partial charge in [0.1, 0.15) is 12.1 Å². The van der Waals surface area contributed by atoms with Gasteiger partial charge in [-0.05, 0) is 61.6 Å². The maximum atomic E-state index is 14.1. The van der Waals surface area contributed by atoms with Crippen molar-refractivity contribution in [1.29, 1.82) is 0 Å². The first-order valence-corrected chi connectivity index (χ1v) is 33.3. The van der Waals surface area contributed by atoms with Gasteiger partial charge >= 0.3 is 0 Å². The molecule has 0 saturated carbocycles. The molecule has 3 aromatic rings. The van der Waals surface area contributed by atoms with E-state index in [-0.39, 0.29) is 87.4 Å². The van der Waals surface area contributed by atoms with Crippen molar-refractivity contribution < 1.29 is 95.2 Å². The summed E-state index contributed by atoms with van der Waals surface area (Å²) in [5.74, 6) is -1.48. The Balaban J connectivity index is 0.619. The molecule has 8 rings (SSSR count). The van der Waals surface area contributed by atoms with E-state index in [1.54, 1.807) is 79.4 Å². The molecule has 0 bridgehead atoms. The highest BCUT2D eigenvalue weighted by atomic mass is 16.6. The van der Waals surface area contributed by atoms with Gasteiger partial charge in [-0.25, -0.2) is 0 Å². The van der Waals surface area contributed by atoms with Crippen molar-refractivity contribution in [3.63, 3.8) is 0 Å². The van der Waals surface area contributed by atoms with E-state index in [1.165, 1.54) is 26.4 Å². The van der Waals surface area contributed by atoms with Crippen LogP contribution in [0, 0.1) is 5.92 Å². The van der Waals surface area contributed by atoms with Crippen molar-refractivity contribution in [2.75, 3.05) is 152 Å². The van der Waals surface area contributed by atoms with Gasteiger partial charge in [-0.2, -0.15) is 0 Å². The van der Waals surface area contributed by atoms with Gasteiger partial charge in [0.2, 0.25) is 23.6 Å². The third-order valence-corrected chi connectivity index (χ3v) is 16.0. The first kappa shape index (κ1) is 75.8. The van der Waals surface area contributed by atoms with Crippen molar-refractivity contribution >= 4 is 82.3 Å². The predicted molar refractivity (Wildman–Crippen MR) is 363 cm³/mol. The van der Waals surface area contributed by atoms with Gasteiger partial charge in [-0.3, -0.25) is 53.2 Å². The Bertz CT molecular complexity index is 3410. The fourth-order valence-corrected chi connectivity index (χ4v) is 10.7. The van der Waals surface area contributed by atoms with Crippen LogP contribution in [0.2, 0.25) is 0 Å². The minimum atomic E-state index is -0.939. The highest BCUT2D eigenvalue weighted by Gasteiger charge is 2.35. The fraction of sp³-hybridized carbons (Fsp3) is 0.514. The van der Waals surface area contributed by atoms with Gasteiger partial charge in [0, 0.05) is 93.6 Å². The Morgan fingerprint density at radius 2 is 1.01 bits per heavy atom. The van der Waals surface area contributed by atoms with E-state index in [2.05, 4.69) is 26.3 Å². The molecule has 0 fully saturated rings. The second kappa shape index (κ2) is 39.6. The average Bonchev–Trinajstić information content (AvgIpc) is 1.69. The van der Waals surface area contributed by atoms with Crippen molar-refractivity contribution in [2.45, 2.75) is 84.0 Å². The number of rotatable bonds is 45. The standard InChI is InChI=1S/C70H91N9O20/c1-46(2)66(76-63(81)15-20-90-22-24-92-26-28-94-30-32-96-34-35-97-33-31-95-29-27-93-25-23-91-21-16-71-62(80)14-17-77-64(82)12-13-65(77)83)68(85)74-48(4)67(84)75-51-10-8-49(9-11-51)50-37-53-43-73-57-41-61(59(89-6)39-55(57)70(87)79(53)45-50)99-19-7-18-98-60-40-56-54(38-58(60)88-5)69(86)78-44-47(3)36-52(78)42-72-56/h8-13,38-46,48,52-53,66H,7,14-37H2,1-6H3,(H,71,80)(H,74,85)(H,75,84)(H,76,81)/t48-,52-,53-,66-/m0/s1. The van der Waals surface area contributed by atoms with E-state index in [0.717, 1.165) is 28.0 Å². The molecule has 29 nitrogen and oxygen atoms in total. The second-order valence-corrected chi connectivity index (χ2v) is 23.7. The van der Waals surface area contributed by atoms with Crippen LogP contribution in [0.1, 0.15) is 86.1 Å². The number of hydrogen-bond acceptors (Lipinski definition) is 22. The largest absolute Gasteiger partial charge is 0.493 e. The molecule has 4 N–H and O–H groups in total. The maximum Gasteiger partial charge on any atom is 0.260 e. The van der Waals surface area contributed by atoms with Crippen molar-refractivity contribution in [3.8, 4) is 23.0 Å². The van der Waals surface area contributed by atoms with Gasteiger partial charge in [-0.1, -0.05) is 31.6 Å². The van der Waals surface area contributed by atoms with Crippen LogP contribution >= 0.6 is 0 Å². The quantitative estimate of drug-likeness (QED) is 0.0432. The van der Waals surface area contributed by atoms with Crippen LogP contribution in [0.3, 0.4) is 0 Å². The van der Waals surface area contributed by atoms with Crippen LogP contribution < -0.4 is 40.2 Å². The van der Waals surface area contributed by atoms with Crippen molar-refractivity contribution in [1.82, 2.24) is 30.7 Å². The van der Waals surface area contributed by atoms with Crippen LogP contribution in [-0.2, 0) is 66.7 Å². The molecule has 0 aromatic heterocycles. The number of hydrogen-bond donors (Lipinski definition) is 4. The lowest BCUT2D eigenvalue weighted by Crippen LogP contribution is -2.53. The lowest BCUT2D eigenvalue weighted by Gasteiger charge is -2.24. The minimum Gasteiger partial charge on any atom is -0.493 e. The minimum absolute atomic E-state index is 0.0142. The Morgan fingerprint density at radius 3 is 1.51 bits per heavy atom. The number of carbonyl (C=O) groups is 8. The molecule has 5 aliphatic rings. The van der Waals surface area contributed by atoms with E-state index in [4.69, 9.17) is 61.8 Å². The van der Waals surface area contributed by atoms with E-state index in [0.29, 0.717) is 163 Å². The number of benzene rings is 3. The van der Waals surface area contributed by atoms with Crippen LogP contribution in [0.4, 0.5) is 17.1 Å². The highest BCUT2D eigenvalue weighted by molar-refractivity contribution is 6.13. The number of aliphatic imine (C=N–C) groups is 2. The van der Waals surface area contributed by atoms with Gasteiger partial charge in [0.05, 0.1) is 168 Å². The molecule has 536 valence electrons. The Kier molecular flexibility index (Phi) is 30.3. The summed E-state index contributed by atoms with van der Waals surface area (Å²) in [7, 11) is 3.03. The number of imide groups is 1. The number of amides is 8. The SMILES string of the molecule is COc1cc2c(cc1OCCCOc1cc3c(cc1OC)C(=O)N1C=C(c4ccc(NC(=O)[C@H](C)NC(=O)[C@@H](NC(=O)CCOCCOCCOCCOCCOCCOCCOCCOCCNC(=O)CCN5C(=O)C=CC5=O)C(C)C)cc4)C[C@H]1C=N3)N=C[C@@H]1CC(C)=CN1C2=O.